The van der Waals surface area contributed by atoms with Crippen molar-refractivity contribution in [3.63, 3.8) is 0 Å². The molecule has 2 aromatic carbocycles. The minimum atomic E-state index is -0.159. The van der Waals surface area contributed by atoms with Crippen LogP contribution in [0, 0.1) is 6.92 Å². The smallest absolute Gasteiger partial charge is 0.262 e. The molecule has 1 fully saturated rings. The Kier molecular flexibility index (Phi) is 4.93. The summed E-state index contributed by atoms with van der Waals surface area (Å²) in [5, 5.41) is 6.29. The molecule has 2 N–H and O–H groups in total. The van der Waals surface area contributed by atoms with Crippen molar-refractivity contribution in [2.45, 2.75) is 32.4 Å². The van der Waals surface area contributed by atoms with Gasteiger partial charge in [-0.3, -0.25) is 4.79 Å². The van der Waals surface area contributed by atoms with E-state index in [9.17, 15) is 4.79 Å². The highest BCUT2D eigenvalue weighted by atomic mass is 16.5. The molecule has 0 radical (unpaired) electrons. The molecule has 0 aromatic heterocycles. The molecule has 3 rings (SSSR count). The zero-order valence-corrected chi connectivity index (χ0v) is 13.3. The lowest BCUT2D eigenvalue weighted by Crippen LogP contribution is -2.20. The van der Waals surface area contributed by atoms with Crippen LogP contribution in [-0.4, -0.2) is 18.6 Å². The van der Waals surface area contributed by atoms with Crippen molar-refractivity contribution in [2.24, 2.45) is 0 Å². The maximum atomic E-state index is 11.9. The van der Waals surface area contributed by atoms with Gasteiger partial charge in [-0.2, -0.15) is 0 Å². The minimum absolute atomic E-state index is 0.00749. The van der Waals surface area contributed by atoms with E-state index in [1.807, 2.05) is 55.5 Å². The Morgan fingerprint density at radius 1 is 1.09 bits per heavy atom. The number of anilines is 1. The first kappa shape index (κ1) is 15.6. The van der Waals surface area contributed by atoms with Crippen LogP contribution in [0.25, 0.3) is 0 Å². The number of rotatable bonds is 7. The highest BCUT2D eigenvalue weighted by Crippen LogP contribution is 2.20. The first-order valence-corrected chi connectivity index (χ1v) is 8.01. The average molecular weight is 310 g/mol. The van der Waals surface area contributed by atoms with Crippen molar-refractivity contribution in [1.29, 1.82) is 0 Å². The number of amides is 1. The summed E-state index contributed by atoms with van der Waals surface area (Å²) in [5.41, 5.74) is 3.18. The van der Waals surface area contributed by atoms with Gasteiger partial charge in [0.15, 0.2) is 6.61 Å². The van der Waals surface area contributed by atoms with Crippen molar-refractivity contribution in [3.8, 4) is 5.75 Å². The monoisotopic (exact) mass is 310 g/mol. The van der Waals surface area contributed by atoms with Gasteiger partial charge in [0, 0.05) is 18.3 Å². The van der Waals surface area contributed by atoms with Gasteiger partial charge in [-0.05, 0) is 49.6 Å². The lowest BCUT2D eigenvalue weighted by molar-refractivity contribution is -0.118. The first-order chi connectivity index (χ1) is 11.2. The third kappa shape index (κ3) is 5.11. The largest absolute Gasteiger partial charge is 0.484 e. The summed E-state index contributed by atoms with van der Waals surface area (Å²) < 4.78 is 5.52. The molecule has 0 heterocycles. The molecule has 0 aliphatic heterocycles. The van der Waals surface area contributed by atoms with E-state index in [0.29, 0.717) is 11.8 Å². The molecule has 4 nitrogen and oxygen atoms in total. The van der Waals surface area contributed by atoms with Crippen molar-refractivity contribution in [2.75, 3.05) is 11.9 Å². The second-order valence-electron chi connectivity index (χ2n) is 6.00. The van der Waals surface area contributed by atoms with Crippen molar-refractivity contribution < 1.29 is 9.53 Å². The predicted octanol–water partition coefficient (Wildman–Crippen LogP) is 3.26. The van der Waals surface area contributed by atoms with Crippen LogP contribution in [-0.2, 0) is 11.3 Å². The van der Waals surface area contributed by atoms with E-state index in [1.54, 1.807) is 0 Å². The third-order valence-corrected chi connectivity index (χ3v) is 3.80. The molecule has 120 valence electrons. The number of benzene rings is 2. The summed E-state index contributed by atoms with van der Waals surface area (Å²) in [6.45, 7) is 2.91. The molecular formula is C19H22N2O2. The van der Waals surface area contributed by atoms with Crippen LogP contribution in [0.3, 0.4) is 0 Å². The Morgan fingerprint density at radius 2 is 1.78 bits per heavy atom. The van der Waals surface area contributed by atoms with E-state index in [-0.39, 0.29) is 12.5 Å². The van der Waals surface area contributed by atoms with E-state index in [2.05, 4.69) is 10.6 Å². The second kappa shape index (κ2) is 7.29. The average Bonchev–Trinajstić information content (AvgIpc) is 3.38. The fraction of sp³-hybridized carbons (Fsp3) is 0.316. The SMILES string of the molecule is Cc1ccc(NC(=O)COc2ccc(CNC3CC3)cc2)cc1. The van der Waals surface area contributed by atoms with Gasteiger partial charge >= 0.3 is 0 Å². The molecule has 4 heteroatoms. The molecule has 1 saturated carbocycles. The first-order valence-electron chi connectivity index (χ1n) is 8.01. The van der Waals surface area contributed by atoms with Crippen LogP contribution < -0.4 is 15.4 Å². The Hall–Kier alpha value is -2.33. The number of carbonyl (C=O) groups excluding carboxylic acids is 1. The van der Waals surface area contributed by atoms with Crippen LogP contribution in [0.15, 0.2) is 48.5 Å². The molecule has 0 spiro atoms. The number of ether oxygens (including phenoxy) is 1. The molecule has 1 aliphatic carbocycles. The minimum Gasteiger partial charge on any atom is -0.484 e. The summed E-state index contributed by atoms with van der Waals surface area (Å²) in [6.07, 6.45) is 2.58. The zero-order chi connectivity index (χ0) is 16.1. The Bertz CT molecular complexity index is 646. The van der Waals surface area contributed by atoms with Crippen LogP contribution in [0.5, 0.6) is 5.75 Å². The summed E-state index contributed by atoms with van der Waals surface area (Å²) >= 11 is 0. The number of aryl methyl sites for hydroxylation is 1. The quantitative estimate of drug-likeness (QED) is 0.825. The molecular weight excluding hydrogens is 288 g/mol. The maximum Gasteiger partial charge on any atom is 0.262 e. The Labute approximate surface area is 136 Å². The number of hydrogen-bond donors (Lipinski definition) is 2. The number of carbonyl (C=O) groups is 1. The molecule has 0 saturated heterocycles. The standard InChI is InChI=1S/C19H22N2O2/c1-14-2-6-17(7-3-14)21-19(22)13-23-18-10-4-15(5-11-18)12-20-16-8-9-16/h2-7,10-11,16,20H,8-9,12-13H2,1H3,(H,21,22). The normalized spacial score (nSPS) is 13.6. The van der Waals surface area contributed by atoms with Gasteiger partial charge in [0.05, 0.1) is 0 Å². The topological polar surface area (TPSA) is 50.4 Å². The van der Waals surface area contributed by atoms with Gasteiger partial charge in [-0.25, -0.2) is 0 Å². The van der Waals surface area contributed by atoms with Gasteiger partial charge in [0.1, 0.15) is 5.75 Å². The third-order valence-electron chi connectivity index (χ3n) is 3.80. The number of nitrogens with one attached hydrogen (secondary N) is 2. The van der Waals surface area contributed by atoms with E-state index in [4.69, 9.17) is 4.74 Å². The molecule has 2 aromatic rings. The van der Waals surface area contributed by atoms with Crippen LogP contribution in [0.4, 0.5) is 5.69 Å². The summed E-state index contributed by atoms with van der Waals surface area (Å²) in [6, 6.07) is 16.3. The lowest BCUT2D eigenvalue weighted by Gasteiger charge is -2.09. The molecule has 1 aliphatic rings. The summed E-state index contributed by atoms with van der Waals surface area (Å²) in [5.74, 6) is 0.549. The molecule has 23 heavy (non-hydrogen) atoms. The van der Waals surface area contributed by atoms with Gasteiger partial charge in [0.25, 0.3) is 5.91 Å². The molecule has 0 atom stereocenters. The maximum absolute atomic E-state index is 11.9. The Morgan fingerprint density at radius 3 is 2.43 bits per heavy atom. The van der Waals surface area contributed by atoms with Crippen LogP contribution in [0.2, 0.25) is 0 Å². The molecule has 1 amide bonds. The van der Waals surface area contributed by atoms with E-state index in [0.717, 1.165) is 17.8 Å². The fourth-order valence-electron chi connectivity index (χ4n) is 2.24. The van der Waals surface area contributed by atoms with Crippen molar-refractivity contribution >= 4 is 11.6 Å². The van der Waals surface area contributed by atoms with Crippen LogP contribution in [0.1, 0.15) is 24.0 Å². The van der Waals surface area contributed by atoms with Crippen molar-refractivity contribution in [1.82, 2.24) is 5.32 Å². The Balaban J connectivity index is 1.43. The van der Waals surface area contributed by atoms with Gasteiger partial charge in [-0.1, -0.05) is 29.8 Å². The van der Waals surface area contributed by atoms with Crippen molar-refractivity contribution in [3.05, 3.63) is 59.7 Å². The highest BCUT2D eigenvalue weighted by molar-refractivity contribution is 5.91. The van der Waals surface area contributed by atoms with Gasteiger partial charge in [-0.15, -0.1) is 0 Å². The number of hydrogen-bond acceptors (Lipinski definition) is 3. The van der Waals surface area contributed by atoms with Crippen LogP contribution >= 0.6 is 0 Å². The lowest BCUT2D eigenvalue weighted by atomic mass is 10.2. The highest BCUT2D eigenvalue weighted by Gasteiger charge is 2.19. The van der Waals surface area contributed by atoms with Gasteiger partial charge < -0.3 is 15.4 Å². The second-order valence-corrected chi connectivity index (χ2v) is 6.00. The molecule has 0 unspecified atom stereocenters. The van der Waals surface area contributed by atoms with E-state index < -0.39 is 0 Å². The van der Waals surface area contributed by atoms with E-state index >= 15 is 0 Å². The van der Waals surface area contributed by atoms with Gasteiger partial charge in [0.2, 0.25) is 0 Å². The summed E-state index contributed by atoms with van der Waals surface area (Å²) in [7, 11) is 0. The summed E-state index contributed by atoms with van der Waals surface area (Å²) in [4.78, 5) is 11.9. The fourth-order valence-corrected chi connectivity index (χ4v) is 2.24. The molecule has 0 bridgehead atoms. The predicted molar refractivity (Wildman–Crippen MR) is 91.6 cm³/mol. The zero-order valence-electron chi connectivity index (χ0n) is 13.3. The van der Waals surface area contributed by atoms with E-state index in [1.165, 1.54) is 18.4 Å².